The van der Waals surface area contributed by atoms with E-state index in [2.05, 4.69) is 0 Å². The molecule has 0 aromatic heterocycles. The molecule has 0 fully saturated rings. The monoisotopic (exact) mass is 437 g/mol. The molecule has 2 aromatic rings. The molecule has 7 nitrogen and oxygen atoms in total. The number of amides is 2. The lowest BCUT2D eigenvalue weighted by Gasteiger charge is -2.34. The quantitative estimate of drug-likeness (QED) is 0.585. The van der Waals surface area contributed by atoms with E-state index in [-0.39, 0.29) is 18.2 Å². The minimum Gasteiger partial charge on any atom is -0.481 e. The summed E-state index contributed by atoms with van der Waals surface area (Å²) in [6.45, 7) is 2.34. The topological polar surface area (TPSA) is 104 Å². The van der Waals surface area contributed by atoms with Crippen molar-refractivity contribution in [1.29, 1.82) is 0 Å². The van der Waals surface area contributed by atoms with E-state index in [0.717, 1.165) is 31.2 Å². The van der Waals surface area contributed by atoms with E-state index < -0.39 is 18.1 Å². The van der Waals surface area contributed by atoms with Crippen molar-refractivity contribution in [1.82, 2.24) is 4.90 Å². The number of carboxylic acids is 1. The Morgan fingerprint density at radius 3 is 2.47 bits per heavy atom. The Kier molecular flexibility index (Phi) is 7.64. The van der Waals surface area contributed by atoms with Crippen LogP contribution in [0, 0.1) is 0 Å². The van der Waals surface area contributed by atoms with E-state index >= 15 is 0 Å². The van der Waals surface area contributed by atoms with E-state index in [9.17, 15) is 19.5 Å². The van der Waals surface area contributed by atoms with Crippen molar-refractivity contribution < 1.29 is 19.5 Å². The van der Waals surface area contributed by atoms with Crippen LogP contribution in [0.25, 0.3) is 0 Å². The summed E-state index contributed by atoms with van der Waals surface area (Å²) in [4.78, 5) is 41.8. The maximum atomic E-state index is 13.8. The number of carboxylic acid groups (broad SMARTS) is 1. The highest BCUT2D eigenvalue weighted by Gasteiger charge is 2.41. The molecule has 0 aliphatic carbocycles. The van der Waals surface area contributed by atoms with Crippen molar-refractivity contribution in [3.63, 3.8) is 0 Å². The number of carbonyl (C=O) groups is 3. The molecule has 0 saturated carbocycles. The Hall–Kier alpha value is -3.19. The van der Waals surface area contributed by atoms with Gasteiger partial charge in [-0.3, -0.25) is 14.4 Å². The third kappa shape index (κ3) is 4.99. The average molecular weight is 438 g/mol. The van der Waals surface area contributed by atoms with Crippen LogP contribution in [0.1, 0.15) is 60.1 Å². The molecule has 2 unspecified atom stereocenters. The molecule has 2 aromatic carbocycles. The van der Waals surface area contributed by atoms with Crippen LogP contribution in [0.15, 0.2) is 48.5 Å². The molecule has 1 heterocycles. The number of nitrogens with two attached hydrogens (primary N) is 1. The van der Waals surface area contributed by atoms with Crippen molar-refractivity contribution >= 4 is 23.5 Å². The maximum Gasteiger partial charge on any atom is 0.305 e. The number of nitrogens with zero attached hydrogens (tertiary/aromatic N) is 2. The van der Waals surface area contributed by atoms with Crippen molar-refractivity contribution in [3.05, 3.63) is 65.2 Å². The number of benzene rings is 2. The zero-order valence-corrected chi connectivity index (χ0v) is 18.7. The third-order valence-corrected chi connectivity index (χ3v) is 5.96. The zero-order valence-electron chi connectivity index (χ0n) is 18.7. The Bertz CT molecular complexity index is 976. The smallest absolute Gasteiger partial charge is 0.305 e. The van der Waals surface area contributed by atoms with Crippen LogP contribution in [0.3, 0.4) is 0 Å². The molecular formula is C25H31N3O4. The predicted molar refractivity (Wildman–Crippen MR) is 124 cm³/mol. The highest BCUT2D eigenvalue weighted by molar-refractivity contribution is 6.11. The lowest BCUT2D eigenvalue weighted by molar-refractivity contribution is -0.139. The molecule has 170 valence electrons. The molecule has 2 atom stereocenters. The Balaban J connectivity index is 2.05. The van der Waals surface area contributed by atoms with E-state index in [4.69, 9.17) is 5.73 Å². The van der Waals surface area contributed by atoms with Crippen LogP contribution in [-0.4, -0.2) is 47.4 Å². The van der Waals surface area contributed by atoms with E-state index in [1.54, 1.807) is 26.1 Å². The number of aliphatic carboxylic acids is 1. The van der Waals surface area contributed by atoms with Gasteiger partial charge >= 0.3 is 5.97 Å². The number of aryl methyl sites for hydroxylation is 1. The summed E-state index contributed by atoms with van der Waals surface area (Å²) in [7, 11) is 1.66. The van der Waals surface area contributed by atoms with Crippen molar-refractivity contribution in [2.75, 3.05) is 18.5 Å². The number of anilines is 1. The predicted octanol–water partition coefficient (Wildman–Crippen LogP) is 3.38. The van der Waals surface area contributed by atoms with Crippen LogP contribution in [0.4, 0.5) is 5.69 Å². The molecule has 3 N–H and O–H groups in total. The molecule has 32 heavy (non-hydrogen) atoms. The van der Waals surface area contributed by atoms with Gasteiger partial charge in [0.15, 0.2) is 0 Å². The van der Waals surface area contributed by atoms with Crippen molar-refractivity contribution in [2.45, 2.75) is 51.1 Å². The largest absolute Gasteiger partial charge is 0.481 e. The summed E-state index contributed by atoms with van der Waals surface area (Å²) >= 11 is 0. The Morgan fingerprint density at radius 1 is 1.09 bits per heavy atom. The first-order valence-corrected chi connectivity index (χ1v) is 11.0. The summed E-state index contributed by atoms with van der Waals surface area (Å²) in [5.74, 6) is -1.61. The van der Waals surface area contributed by atoms with Gasteiger partial charge in [-0.05, 0) is 56.0 Å². The molecule has 1 aliphatic rings. The molecule has 0 bridgehead atoms. The number of carbonyl (C=O) groups excluding carboxylic acids is 2. The van der Waals surface area contributed by atoms with Crippen molar-refractivity contribution in [3.8, 4) is 0 Å². The second-order valence-corrected chi connectivity index (χ2v) is 8.32. The first-order valence-electron chi connectivity index (χ1n) is 11.0. The zero-order chi connectivity index (χ0) is 23.3. The molecule has 0 saturated heterocycles. The van der Waals surface area contributed by atoms with Gasteiger partial charge in [-0.1, -0.05) is 42.8 Å². The van der Waals surface area contributed by atoms with Gasteiger partial charge in [-0.2, -0.15) is 0 Å². The van der Waals surface area contributed by atoms with Crippen molar-refractivity contribution in [2.24, 2.45) is 5.73 Å². The molecule has 3 rings (SSSR count). The van der Waals surface area contributed by atoms with E-state index in [1.807, 2.05) is 36.4 Å². The van der Waals surface area contributed by atoms with Gasteiger partial charge < -0.3 is 20.6 Å². The summed E-state index contributed by atoms with van der Waals surface area (Å²) in [5, 5.41) is 9.38. The van der Waals surface area contributed by atoms with Gasteiger partial charge in [0, 0.05) is 13.1 Å². The van der Waals surface area contributed by atoms with Gasteiger partial charge in [-0.15, -0.1) is 0 Å². The van der Waals surface area contributed by atoms with Crippen LogP contribution in [0.5, 0.6) is 0 Å². The van der Waals surface area contributed by atoms with Gasteiger partial charge in [0.2, 0.25) is 0 Å². The number of rotatable bonds is 9. The molecular weight excluding hydrogens is 406 g/mol. The Morgan fingerprint density at radius 2 is 1.81 bits per heavy atom. The summed E-state index contributed by atoms with van der Waals surface area (Å²) < 4.78 is 0. The lowest BCUT2D eigenvalue weighted by Crippen LogP contribution is -2.46. The standard InChI is InChI=1S/C25H31N3O4/c1-17(15-22(29)30)28-23(19-10-6-3-7-11-19)25(32)27(2)21-13-12-18(9-5-4-8-14-26)16-20(21)24(28)31/h3,6-7,10-13,16-17,23H,4-5,8-9,14-15,26H2,1-2H3,(H,29,30). The molecule has 0 radical (unpaired) electrons. The van der Waals surface area contributed by atoms with E-state index in [0.29, 0.717) is 23.4 Å². The first-order chi connectivity index (χ1) is 15.3. The molecule has 2 amide bonds. The summed E-state index contributed by atoms with van der Waals surface area (Å²) in [6.07, 6.45) is 3.49. The highest BCUT2D eigenvalue weighted by atomic mass is 16.4. The fraction of sp³-hybridized carbons (Fsp3) is 0.400. The minimum atomic E-state index is -1.02. The maximum absolute atomic E-state index is 13.8. The number of likely N-dealkylation sites (N-methyl/N-ethyl adjacent to an activating group) is 1. The molecule has 7 heteroatoms. The summed E-state index contributed by atoms with van der Waals surface area (Å²) in [6, 6.07) is 13.1. The van der Waals surface area contributed by atoms with Crippen LogP contribution >= 0.6 is 0 Å². The van der Waals surface area contributed by atoms with Gasteiger partial charge in [0.05, 0.1) is 17.7 Å². The van der Waals surface area contributed by atoms with Crippen LogP contribution in [0.2, 0.25) is 0 Å². The normalized spacial score (nSPS) is 17.2. The highest BCUT2D eigenvalue weighted by Crippen LogP contribution is 2.36. The third-order valence-electron chi connectivity index (χ3n) is 5.96. The second kappa shape index (κ2) is 10.4. The lowest BCUT2D eigenvalue weighted by atomic mass is 10.00. The fourth-order valence-electron chi connectivity index (χ4n) is 4.27. The molecule has 0 spiro atoms. The van der Waals surface area contributed by atoms with Crippen LogP contribution in [-0.2, 0) is 16.0 Å². The van der Waals surface area contributed by atoms with E-state index in [1.165, 1.54) is 9.80 Å². The van der Waals surface area contributed by atoms with Crippen LogP contribution < -0.4 is 10.6 Å². The van der Waals surface area contributed by atoms with Gasteiger partial charge in [-0.25, -0.2) is 0 Å². The van der Waals surface area contributed by atoms with Gasteiger partial charge in [0.25, 0.3) is 11.8 Å². The number of fused-ring (bicyclic) bond motifs is 1. The van der Waals surface area contributed by atoms with Gasteiger partial charge in [0.1, 0.15) is 6.04 Å². The fourth-order valence-corrected chi connectivity index (χ4v) is 4.27. The number of hydrogen-bond donors (Lipinski definition) is 2. The number of hydrogen-bond acceptors (Lipinski definition) is 4. The average Bonchev–Trinajstić information content (AvgIpc) is 2.86. The Labute approximate surface area is 188 Å². The summed E-state index contributed by atoms with van der Waals surface area (Å²) in [5.41, 5.74) is 8.21. The minimum absolute atomic E-state index is 0.250. The SMILES string of the molecule is CC(CC(=O)O)N1C(=O)c2cc(CCCCCN)ccc2N(C)C(=O)C1c1ccccc1. The first kappa shape index (κ1) is 23.5. The second-order valence-electron chi connectivity index (χ2n) is 8.32. The molecule has 1 aliphatic heterocycles. The number of unbranched alkanes of at least 4 members (excludes halogenated alkanes) is 2.